The molecule has 0 spiro atoms. The Kier molecular flexibility index (Phi) is 6.82. The fourth-order valence-corrected chi connectivity index (χ4v) is 2.30. The van der Waals surface area contributed by atoms with Gasteiger partial charge in [0.1, 0.15) is 11.6 Å². The van der Waals surface area contributed by atoms with E-state index in [-0.39, 0.29) is 29.8 Å². The van der Waals surface area contributed by atoms with Crippen molar-refractivity contribution in [3.05, 3.63) is 53.6 Å². The predicted octanol–water partition coefficient (Wildman–Crippen LogP) is 3.36. The van der Waals surface area contributed by atoms with Crippen molar-refractivity contribution in [2.45, 2.75) is 32.2 Å². The maximum atomic E-state index is 13.8. The van der Waals surface area contributed by atoms with Gasteiger partial charge in [0.2, 0.25) is 5.89 Å². The fraction of sp³-hybridized carbons (Fsp3) is 0.353. The van der Waals surface area contributed by atoms with Gasteiger partial charge in [0, 0.05) is 31.4 Å². The number of aromatic nitrogens is 3. The minimum atomic E-state index is -0.692. The molecule has 2 aromatic heterocycles. The van der Waals surface area contributed by atoms with Crippen molar-refractivity contribution in [1.82, 2.24) is 20.4 Å². The maximum absolute atomic E-state index is 13.8. The monoisotopic (exact) mass is 384 g/mol. The fourth-order valence-electron chi connectivity index (χ4n) is 2.30. The highest BCUT2D eigenvalue weighted by Gasteiger charge is 2.14. The largest absolute Gasteiger partial charge is 0.441 e. The molecular weight excluding hydrogens is 366 g/mol. The molecule has 0 aliphatic heterocycles. The minimum absolute atomic E-state index is 0. The van der Waals surface area contributed by atoms with E-state index in [0.717, 1.165) is 6.07 Å². The number of benzene rings is 1. The lowest BCUT2D eigenvalue weighted by atomic mass is 10.2. The van der Waals surface area contributed by atoms with E-state index in [2.05, 4.69) is 20.4 Å². The summed E-state index contributed by atoms with van der Waals surface area (Å²) in [5.41, 5.74) is 0.168. The Hall–Kier alpha value is -2.32. The van der Waals surface area contributed by atoms with Crippen LogP contribution in [0.25, 0.3) is 11.3 Å². The molecule has 1 atom stereocenters. The van der Waals surface area contributed by atoms with Crippen LogP contribution in [0.4, 0.5) is 8.78 Å². The number of rotatable bonds is 7. The molecule has 0 aliphatic rings. The number of nitrogens with zero attached hydrogens (tertiary/aromatic N) is 3. The van der Waals surface area contributed by atoms with Crippen molar-refractivity contribution in [3.8, 4) is 11.3 Å². The van der Waals surface area contributed by atoms with E-state index in [0.29, 0.717) is 36.9 Å². The van der Waals surface area contributed by atoms with Gasteiger partial charge < -0.3 is 14.3 Å². The Balaban J connectivity index is 0.00000243. The summed E-state index contributed by atoms with van der Waals surface area (Å²) in [6.45, 7) is 2.03. The van der Waals surface area contributed by atoms with E-state index in [1.807, 2.05) is 14.0 Å². The Morgan fingerprint density at radius 1 is 1.19 bits per heavy atom. The average molecular weight is 385 g/mol. The van der Waals surface area contributed by atoms with Crippen LogP contribution in [0.5, 0.6) is 0 Å². The molecule has 26 heavy (non-hydrogen) atoms. The summed E-state index contributed by atoms with van der Waals surface area (Å²) >= 11 is 0. The molecule has 0 saturated carbocycles. The molecule has 0 radical (unpaired) electrons. The lowest BCUT2D eigenvalue weighted by molar-refractivity contribution is 0.366. The van der Waals surface area contributed by atoms with Crippen LogP contribution in [0.2, 0.25) is 0 Å². The number of hydrogen-bond acceptors (Lipinski definition) is 6. The van der Waals surface area contributed by atoms with Crippen molar-refractivity contribution in [2.24, 2.45) is 0 Å². The Bertz CT molecular complexity index is 853. The summed E-state index contributed by atoms with van der Waals surface area (Å²) in [5.74, 6) is 0.469. The van der Waals surface area contributed by atoms with Crippen molar-refractivity contribution in [3.63, 3.8) is 0 Å². The van der Waals surface area contributed by atoms with Crippen molar-refractivity contribution >= 4 is 12.4 Å². The zero-order valence-electron chi connectivity index (χ0n) is 14.3. The molecule has 3 rings (SSSR count). The third-order valence-electron chi connectivity index (χ3n) is 3.79. The van der Waals surface area contributed by atoms with Crippen molar-refractivity contribution in [1.29, 1.82) is 0 Å². The van der Waals surface area contributed by atoms with Gasteiger partial charge in [-0.3, -0.25) is 0 Å². The number of likely N-dealkylation sites (N-methyl/N-ethyl adjacent to an activating group) is 1. The Labute approximate surface area is 155 Å². The lowest BCUT2D eigenvalue weighted by Crippen LogP contribution is -2.24. The normalized spacial score (nSPS) is 12.0. The van der Waals surface area contributed by atoms with Crippen LogP contribution in [0.15, 0.2) is 33.3 Å². The second kappa shape index (κ2) is 8.86. The van der Waals surface area contributed by atoms with Crippen LogP contribution in [-0.4, -0.2) is 28.2 Å². The van der Waals surface area contributed by atoms with Gasteiger partial charge in [-0.15, -0.1) is 12.4 Å². The van der Waals surface area contributed by atoms with Gasteiger partial charge in [-0.25, -0.2) is 13.8 Å². The quantitative estimate of drug-likeness (QED) is 0.673. The summed E-state index contributed by atoms with van der Waals surface area (Å²) in [5, 5.41) is 7.03. The summed E-state index contributed by atoms with van der Waals surface area (Å²) in [4.78, 5) is 8.43. The first-order valence-electron chi connectivity index (χ1n) is 7.94. The molecule has 9 heteroatoms. The summed E-state index contributed by atoms with van der Waals surface area (Å²) in [7, 11) is 1.87. The van der Waals surface area contributed by atoms with Gasteiger partial charge in [-0.1, -0.05) is 5.16 Å². The van der Waals surface area contributed by atoms with Gasteiger partial charge in [-0.05, 0) is 26.1 Å². The van der Waals surface area contributed by atoms with Crippen LogP contribution in [0.1, 0.15) is 24.5 Å². The molecule has 0 bridgehead atoms. The van der Waals surface area contributed by atoms with Crippen molar-refractivity contribution in [2.75, 3.05) is 7.05 Å². The van der Waals surface area contributed by atoms with Gasteiger partial charge in [0.15, 0.2) is 17.5 Å². The second-order valence-electron chi connectivity index (χ2n) is 5.74. The van der Waals surface area contributed by atoms with E-state index in [1.165, 1.54) is 18.3 Å². The van der Waals surface area contributed by atoms with Gasteiger partial charge in [0.05, 0.1) is 11.8 Å². The first-order chi connectivity index (χ1) is 12.0. The molecule has 6 nitrogen and oxygen atoms in total. The maximum Gasteiger partial charge on any atom is 0.227 e. The number of aryl methyl sites for hydroxylation is 2. The highest BCUT2D eigenvalue weighted by atomic mass is 35.5. The van der Waals surface area contributed by atoms with Crippen molar-refractivity contribution < 1.29 is 17.7 Å². The molecule has 3 aromatic rings. The molecule has 1 N–H and O–H groups in total. The van der Waals surface area contributed by atoms with Gasteiger partial charge in [-0.2, -0.15) is 4.98 Å². The van der Waals surface area contributed by atoms with Gasteiger partial charge in [0.25, 0.3) is 0 Å². The third kappa shape index (κ3) is 4.86. The standard InChI is InChI=1S/C17H18F2N4O2.ClH/c1-10(20-2)7-15-22-17(25-23-15)6-5-16-21-9-14(24-16)12-4-3-11(18)8-13(12)19;/h3-4,8-10,20H,5-7H2,1-2H3;1H. The molecule has 1 aromatic carbocycles. The molecule has 1 unspecified atom stereocenters. The molecule has 140 valence electrons. The van der Waals surface area contributed by atoms with Gasteiger partial charge >= 0.3 is 0 Å². The van der Waals surface area contributed by atoms with E-state index in [4.69, 9.17) is 8.94 Å². The zero-order chi connectivity index (χ0) is 17.8. The average Bonchev–Trinajstić information content (AvgIpc) is 3.22. The minimum Gasteiger partial charge on any atom is -0.441 e. The SMILES string of the molecule is CNC(C)Cc1noc(CCc2ncc(-c3ccc(F)cc3F)o2)n1.Cl. The van der Waals surface area contributed by atoms with Crippen LogP contribution in [-0.2, 0) is 19.3 Å². The number of halogens is 3. The number of hydrogen-bond donors (Lipinski definition) is 1. The summed E-state index contributed by atoms with van der Waals surface area (Å²) < 4.78 is 37.5. The van der Waals surface area contributed by atoms with Crippen LogP contribution < -0.4 is 5.32 Å². The summed E-state index contributed by atoms with van der Waals surface area (Å²) in [6, 6.07) is 3.56. The molecule has 2 heterocycles. The smallest absolute Gasteiger partial charge is 0.227 e. The highest BCUT2D eigenvalue weighted by molar-refractivity contribution is 5.85. The molecular formula is C17H19ClF2N4O2. The summed E-state index contributed by atoms with van der Waals surface area (Å²) in [6.07, 6.45) is 2.99. The molecule has 0 fully saturated rings. The Morgan fingerprint density at radius 2 is 1.96 bits per heavy atom. The first-order valence-corrected chi connectivity index (χ1v) is 7.94. The number of nitrogens with one attached hydrogen (secondary N) is 1. The zero-order valence-corrected chi connectivity index (χ0v) is 15.1. The Morgan fingerprint density at radius 3 is 2.69 bits per heavy atom. The van der Waals surface area contributed by atoms with E-state index in [9.17, 15) is 8.78 Å². The highest BCUT2D eigenvalue weighted by Crippen LogP contribution is 2.24. The first kappa shape index (κ1) is 20.0. The number of oxazole rings is 1. The lowest BCUT2D eigenvalue weighted by Gasteiger charge is -2.04. The van der Waals surface area contributed by atoms with Crippen LogP contribution in [0, 0.1) is 11.6 Å². The van der Waals surface area contributed by atoms with E-state index >= 15 is 0 Å². The topological polar surface area (TPSA) is 77.0 Å². The predicted molar refractivity (Wildman–Crippen MR) is 93.0 cm³/mol. The van der Waals surface area contributed by atoms with E-state index < -0.39 is 11.6 Å². The van der Waals surface area contributed by atoms with E-state index in [1.54, 1.807) is 0 Å². The molecule has 0 saturated heterocycles. The van der Waals surface area contributed by atoms with Crippen LogP contribution >= 0.6 is 12.4 Å². The molecule has 0 aliphatic carbocycles. The van der Waals surface area contributed by atoms with Crippen LogP contribution in [0.3, 0.4) is 0 Å². The molecule has 0 amide bonds. The second-order valence-corrected chi connectivity index (χ2v) is 5.74. The third-order valence-corrected chi connectivity index (χ3v) is 3.79.